The van der Waals surface area contributed by atoms with Gasteiger partial charge in [0.2, 0.25) is 6.20 Å². The van der Waals surface area contributed by atoms with Crippen LogP contribution < -0.4 is 9.79 Å². The summed E-state index contributed by atoms with van der Waals surface area (Å²) < 4.78 is 11.1. The number of hydrogen-bond acceptors (Lipinski definition) is 7. The molecule has 0 spiro atoms. The molecule has 2 N–H and O–H groups in total. The van der Waals surface area contributed by atoms with Crippen LogP contribution in [-0.2, 0) is 14.3 Å². The lowest BCUT2D eigenvalue weighted by molar-refractivity contribution is -0.817. The van der Waals surface area contributed by atoms with Crippen LogP contribution >= 0.6 is 11.6 Å². The van der Waals surface area contributed by atoms with Gasteiger partial charge in [0, 0.05) is 13.0 Å². The highest BCUT2D eigenvalue weighted by Gasteiger charge is 2.49. The molecular weight excluding hydrogens is 292 g/mol. The Morgan fingerprint density at radius 1 is 1.60 bits per heavy atom. The number of halogens is 1. The molecule has 0 aromatic carbocycles. The lowest BCUT2D eigenvalue weighted by atomic mass is 10.1. The van der Waals surface area contributed by atoms with E-state index in [9.17, 15) is 20.1 Å². The van der Waals surface area contributed by atoms with Crippen LogP contribution in [0.4, 0.5) is 0 Å². The third kappa shape index (κ3) is 2.98. The lowest BCUT2D eigenvalue weighted by Gasteiger charge is -2.12. The van der Waals surface area contributed by atoms with Crippen molar-refractivity contribution in [3.05, 3.63) is 17.3 Å². The number of rotatable bonds is 3. The third-order valence-corrected chi connectivity index (χ3v) is 3.12. The van der Waals surface area contributed by atoms with E-state index < -0.39 is 36.4 Å². The Hall–Kier alpha value is -1.48. The fourth-order valence-electron chi connectivity index (χ4n) is 1.83. The fourth-order valence-corrected chi connectivity index (χ4v) is 1.92. The zero-order chi connectivity index (χ0) is 14.9. The van der Waals surface area contributed by atoms with Crippen molar-refractivity contribution in [1.29, 1.82) is 0 Å². The van der Waals surface area contributed by atoms with Crippen molar-refractivity contribution in [2.24, 2.45) is 0 Å². The first-order valence-electron chi connectivity index (χ1n) is 5.80. The summed E-state index contributed by atoms with van der Waals surface area (Å²) in [6, 6.07) is 1.30. The Balaban J connectivity index is 2.13. The predicted molar refractivity (Wildman–Crippen MR) is 61.4 cm³/mol. The highest BCUT2D eigenvalue weighted by Crippen LogP contribution is 2.26. The molecule has 0 amide bonds. The summed E-state index contributed by atoms with van der Waals surface area (Å²) in [6.07, 6.45) is -3.19. The van der Waals surface area contributed by atoms with Gasteiger partial charge in [-0.05, 0) is 5.10 Å². The molecule has 20 heavy (non-hydrogen) atoms. The molecule has 1 aromatic heterocycles. The average molecular weight is 305 g/mol. The van der Waals surface area contributed by atoms with Crippen LogP contribution in [0, 0.1) is 0 Å². The van der Waals surface area contributed by atoms with E-state index in [1.165, 1.54) is 19.2 Å². The molecule has 2 rings (SSSR count). The van der Waals surface area contributed by atoms with Crippen LogP contribution in [-0.4, -0.2) is 46.2 Å². The summed E-state index contributed by atoms with van der Waals surface area (Å²) in [5.41, 5.74) is 0. The number of ether oxygens (including phenoxy) is 2. The van der Waals surface area contributed by atoms with Gasteiger partial charge in [-0.15, -0.1) is 0 Å². The van der Waals surface area contributed by atoms with Crippen molar-refractivity contribution in [1.82, 2.24) is 5.10 Å². The first-order valence-corrected chi connectivity index (χ1v) is 6.18. The van der Waals surface area contributed by atoms with Gasteiger partial charge in [0.25, 0.3) is 0 Å². The second-order valence-electron chi connectivity index (χ2n) is 4.30. The summed E-state index contributed by atoms with van der Waals surface area (Å²) in [5.74, 6) is -1.21. The summed E-state index contributed by atoms with van der Waals surface area (Å²) in [6.45, 7) is 1.01. The summed E-state index contributed by atoms with van der Waals surface area (Å²) in [4.78, 5) is 10.7. The number of hydrogen-bond donors (Lipinski definition) is 2. The number of aliphatic hydroxyl groups is 2. The summed E-state index contributed by atoms with van der Waals surface area (Å²) in [5, 5.41) is 34.6. The van der Waals surface area contributed by atoms with Crippen LogP contribution in [0.15, 0.2) is 12.3 Å². The molecule has 1 aromatic rings. The van der Waals surface area contributed by atoms with Crippen molar-refractivity contribution in [3.63, 3.8) is 0 Å². The van der Waals surface area contributed by atoms with Crippen molar-refractivity contribution in [3.8, 4) is 5.88 Å². The molecule has 0 aliphatic carbocycles. The molecule has 2 heterocycles. The van der Waals surface area contributed by atoms with E-state index in [0.29, 0.717) is 0 Å². The molecular formula is C11H13ClN2O6. The zero-order valence-corrected chi connectivity index (χ0v) is 11.2. The van der Waals surface area contributed by atoms with Crippen molar-refractivity contribution < 1.29 is 34.3 Å². The van der Waals surface area contributed by atoms with Crippen molar-refractivity contribution >= 4 is 17.6 Å². The average Bonchev–Trinajstić information content (AvgIpc) is 2.67. The second kappa shape index (κ2) is 5.88. The van der Waals surface area contributed by atoms with Gasteiger partial charge in [0.1, 0.15) is 18.8 Å². The Morgan fingerprint density at radius 3 is 2.90 bits per heavy atom. The molecule has 1 aliphatic heterocycles. The van der Waals surface area contributed by atoms with Gasteiger partial charge in [0.05, 0.1) is 10.9 Å². The van der Waals surface area contributed by atoms with Gasteiger partial charge in [-0.1, -0.05) is 16.3 Å². The maximum absolute atomic E-state index is 11.3. The molecule has 1 aliphatic rings. The quantitative estimate of drug-likeness (QED) is 0.504. The van der Waals surface area contributed by atoms with Crippen LogP contribution in [0.5, 0.6) is 5.88 Å². The highest BCUT2D eigenvalue weighted by atomic mass is 35.5. The molecule has 4 atom stereocenters. The van der Waals surface area contributed by atoms with Gasteiger partial charge in [-0.25, -0.2) is 0 Å². The molecule has 0 radical (unpaired) electrons. The van der Waals surface area contributed by atoms with E-state index >= 15 is 0 Å². The molecule has 8 nitrogen and oxygen atoms in total. The number of nitrogens with zero attached hydrogens (tertiary/aromatic N) is 2. The minimum absolute atomic E-state index is 0.0641. The number of aromatic nitrogens is 2. The Bertz CT molecular complexity index is 514. The highest BCUT2D eigenvalue weighted by molar-refractivity contribution is 6.31. The molecule has 9 heteroatoms. The monoisotopic (exact) mass is 304 g/mol. The standard InChI is InChI=1S/C11H13ClN2O6/c1-5(15)19-4-7-8(16)9(17)11(20-7)14-3-2-6(12)10(18)13-14/h2-3,7-9,11,16-17H,4H2,1H3/t7-,8-,9-,11-/m1/s1. The molecule has 0 saturated carbocycles. The van der Waals surface area contributed by atoms with E-state index in [1.54, 1.807) is 0 Å². The van der Waals surface area contributed by atoms with Gasteiger partial charge in [-0.3, -0.25) is 4.79 Å². The summed E-state index contributed by atoms with van der Waals surface area (Å²) in [7, 11) is 0. The molecule has 0 bridgehead atoms. The second-order valence-corrected chi connectivity index (χ2v) is 4.70. The van der Waals surface area contributed by atoms with Crippen LogP contribution in [0.3, 0.4) is 0 Å². The Morgan fingerprint density at radius 2 is 2.30 bits per heavy atom. The van der Waals surface area contributed by atoms with E-state index in [4.69, 9.17) is 21.1 Å². The van der Waals surface area contributed by atoms with Crippen molar-refractivity contribution in [2.45, 2.75) is 31.5 Å². The van der Waals surface area contributed by atoms with Gasteiger partial charge in [-0.2, -0.15) is 0 Å². The van der Waals surface area contributed by atoms with E-state index in [1.807, 2.05) is 0 Å². The minimum Gasteiger partial charge on any atom is -0.853 e. The van der Waals surface area contributed by atoms with Gasteiger partial charge in [0.15, 0.2) is 6.10 Å². The minimum atomic E-state index is -1.31. The molecule has 0 unspecified atom stereocenters. The number of carbonyl (C=O) groups is 1. The maximum atomic E-state index is 11.3. The first kappa shape index (κ1) is 14.9. The predicted octanol–water partition coefficient (Wildman–Crippen LogP) is -1.72. The normalized spacial score (nSPS) is 29.4. The third-order valence-electron chi connectivity index (χ3n) is 2.83. The van der Waals surface area contributed by atoms with Gasteiger partial charge < -0.3 is 24.8 Å². The molecule has 1 fully saturated rings. The Kier molecular flexibility index (Phi) is 4.39. The first-order chi connectivity index (χ1) is 9.40. The SMILES string of the molecule is CC(=O)OC[C@H]1O[C@@H]([n+]2ccc(Cl)c([O-])n2)[C@H](O)[C@@H]1O. The maximum Gasteiger partial charge on any atom is 0.317 e. The smallest absolute Gasteiger partial charge is 0.317 e. The van der Waals surface area contributed by atoms with E-state index in [2.05, 4.69) is 5.10 Å². The number of esters is 1. The largest absolute Gasteiger partial charge is 0.853 e. The van der Waals surface area contributed by atoms with Gasteiger partial charge >= 0.3 is 12.2 Å². The van der Waals surface area contributed by atoms with Crippen LogP contribution in [0.1, 0.15) is 13.2 Å². The topological polar surface area (TPSA) is 116 Å². The number of carbonyl (C=O) groups excluding carboxylic acids is 1. The molecule has 110 valence electrons. The zero-order valence-electron chi connectivity index (χ0n) is 10.5. The van der Waals surface area contributed by atoms with E-state index in [-0.39, 0.29) is 11.6 Å². The molecule has 1 saturated heterocycles. The fraction of sp³-hybridized carbons (Fsp3) is 0.545. The van der Waals surface area contributed by atoms with Crippen LogP contribution in [0.2, 0.25) is 5.02 Å². The number of aliphatic hydroxyl groups excluding tert-OH is 2. The Labute approximate surface area is 119 Å². The van der Waals surface area contributed by atoms with E-state index in [0.717, 1.165) is 4.68 Å². The lowest BCUT2D eigenvalue weighted by Crippen LogP contribution is -2.49. The summed E-state index contributed by atoms with van der Waals surface area (Å²) >= 11 is 5.57. The van der Waals surface area contributed by atoms with Crippen LogP contribution in [0.25, 0.3) is 0 Å². The van der Waals surface area contributed by atoms with Crippen molar-refractivity contribution in [2.75, 3.05) is 6.61 Å².